The zero-order chi connectivity index (χ0) is 16.6. The van der Waals surface area contributed by atoms with Gasteiger partial charge in [-0.2, -0.15) is 0 Å². The molecule has 1 amide bonds. The highest BCUT2D eigenvalue weighted by molar-refractivity contribution is 5.88. The Hall–Kier alpha value is -1.88. The second-order valence-electron chi connectivity index (χ2n) is 5.68. The summed E-state index contributed by atoms with van der Waals surface area (Å²) in [5, 5.41) is 22.1. The largest absolute Gasteiger partial charge is 0.478 e. The van der Waals surface area contributed by atoms with Crippen LogP contribution in [0.2, 0.25) is 0 Å². The van der Waals surface area contributed by atoms with E-state index in [-0.39, 0.29) is 24.4 Å². The molecule has 0 bridgehead atoms. The molecule has 0 radical (unpaired) electrons. The molecular formula is C17H25NO4. The van der Waals surface area contributed by atoms with E-state index in [0.717, 1.165) is 12.8 Å². The van der Waals surface area contributed by atoms with Crippen LogP contribution in [-0.2, 0) is 11.2 Å². The molecule has 1 aromatic carbocycles. The van der Waals surface area contributed by atoms with Gasteiger partial charge in [-0.3, -0.25) is 4.79 Å². The van der Waals surface area contributed by atoms with Crippen LogP contribution in [0.4, 0.5) is 0 Å². The number of carboxylic acids is 1. The van der Waals surface area contributed by atoms with Crippen molar-refractivity contribution >= 4 is 11.9 Å². The van der Waals surface area contributed by atoms with Crippen LogP contribution in [0.5, 0.6) is 0 Å². The molecule has 0 spiro atoms. The van der Waals surface area contributed by atoms with Crippen LogP contribution in [0.25, 0.3) is 0 Å². The summed E-state index contributed by atoms with van der Waals surface area (Å²) in [6.07, 6.45) is 3.11. The SMILES string of the molecule is CCCC(O)(CCC)CNC(=O)Cc1cccc(C(=O)O)c1. The number of hydrogen-bond acceptors (Lipinski definition) is 3. The highest BCUT2D eigenvalue weighted by atomic mass is 16.4. The topological polar surface area (TPSA) is 86.6 Å². The predicted octanol–water partition coefficient (Wildman–Crippen LogP) is 2.37. The Bertz CT molecular complexity index is 507. The quantitative estimate of drug-likeness (QED) is 0.653. The lowest BCUT2D eigenvalue weighted by Crippen LogP contribution is -2.43. The van der Waals surface area contributed by atoms with Gasteiger partial charge in [-0.15, -0.1) is 0 Å². The molecule has 0 unspecified atom stereocenters. The van der Waals surface area contributed by atoms with Crippen molar-refractivity contribution < 1.29 is 19.8 Å². The summed E-state index contributed by atoms with van der Waals surface area (Å²) in [6.45, 7) is 4.23. The van der Waals surface area contributed by atoms with Crippen molar-refractivity contribution in [2.75, 3.05) is 6.54 Å². The third kappa shape index (κ3) is 5.85. The third-order valence-corrected chi connectivity index (χ3v) is 3.58. The zero-order valence-electron chi connectivity index (χ0n) is 13.3. The van der Waals surface area contributed by atoms with E-state index in [9.17, 15) is 14.7 Å². The molecule has 0 aliphatic rings. The van der Waals surface area contributed by atoms with Crippen molar-refractivity contribution in [2.45, 2.75) is 51.6 Å². The van der Waals surface area contributed by atoms with Crippen LogP contribution in [0, 0.1) is 0 Å². The number of amides is 1. The van der Waals surface area contributed by atoms with E-state index in [2.05, 4.69) is 5.32 Å². The highest BCUT2D eigenvalue weighted by Crippen LogP contribution is 2.18. The minimum absolute atomic E-state index is 0.107. The monoisotopic (exact) mass is 307 g/mol. The first kappa shape index (κ1) is 18.2. The van der Waals surface area contributed by atoms with Gasteiger partial charge in [-0.25, -0.2) is 4.79 Å². The molecule has 0 saturated heterocycles. The molecule has 3 N–H and O–H groups in total. The first-order chi connectivity index (χ1) is 10.4. The Morgan fingerprint density at radius 2 is 1.82 bits per heavy atom. The summed E-state index contributed by atoms with van der Waals surface area (Å²) >= 11 is 0. The van der Waals surface area contributed by atoms with Gasteiger partial charge < -0.3 is 15.5 Å². The van der Waals surface area contributed by atoms with Gasteiger partial charge >= 0.3 is 5.97 Å². The maximum absolute atomic E-state index is 12.0. The van der Waals surface area contributed by atoms with Crippen LogP contribution in [0.1, 0.15) is 55.5 Å². The molecule has 5 heteroatoms. The van der Waals surface area contributed by atoms with Crippen LogP contribution >= 0.6 is 0 Å². The van der Waals surface area contributed by atoms with E-state index in [1.807, 2.05) is 13.8 Å². The second-order valence-corrected chi connectivity index (χ2v) is 5.68. The minimum atomic E-state index is -1.01. The summed E-state index contributed by atoms with van der Waals surface area (Å²) in [6, 6.07) is 6.32. The van der Waals surface area contributed by atoms with Crippen molar-refractivity contribution in [1.29, 1.82) is 0 Å². The first-order valence-electron chi connectivity index (χ1n) is 7.71. The lowest BCUT2D eigenvalue weighted by Gasteiger charge is -2.27. The molecule has 0 saturated carbocycles. The van der Waals surface area contributed by atoms with Crippen molar-refractivity contribution in [3.8, 4) is 0 Å². The average Bonchev–Trinajstić information content (AvgIpc) is 2.46. The summed E-state index contributed by atoms with van der Waals surface area (Å²) in [4.78, 5) is 22.9. The van der Waals surface area contributed by atoms with E-state index in [1.165, 1.54) is 12.1 Å². The van der Waals surface area contributed by atoms with Crippen molar-refractivity contribution in [3.05, 3.63) is 35.4 Å². The summed E-state index contributed by atoms with van der Waals surface area (Å²) < 4.78 is 0. The number of nitrogens with one attached hydrogen (secondary N) is 1. The maximum atomic E-state index is 12.0. The number of aromatic carboxylic acids is 1. The van der Waals surface area contributed by atoms with Crippen molar-refractivity contribution in [3.63, 3.8) is 0 Å². The van der Waals surface area contributed by atoms with Crippen molar-refractivity contribution in [1.82, 2.24) is 5.32 Å². The average molecular weight is 307 g/mol. The third-order valence-electron chi connectivity index (χ3n) is 3.58. The molecule has 0 fully saturated rings. The molecule has 0 atom stereocenters. The van der Waals surface area contributed by atoms with Gasteiger partial charge in [0.2, 0.25) is 5.91 Å². The number of carboxylic acid groups (broad SMARTS) is 1. The molecule has 122 valence electrons. The molecule has 22 heavy (non-hydrogen) atoms. The van der Waals surface area contributed by atoms with Gasteiger partial charge in [-0.05, 0) is 30.5 Å². The fourth-order valence-electron chi connectivity index (χ4n) is 2.56. The molecule has 0 aliphatic carbocycles. The summed E-state index contributed by atoms with van der Waals surface area (Å²) in [5.41, 5.74) is -0.0482. The predicted molar refractivity (Wildman–Crippen MR) is 84.9 cm³/mol. The van der Waals surface area contributed by atoms with Gasteiger partial charge in [0.25, 0.3) is 0 Å². The van der Waals surface area contributed by atoms with E-state index >= 15 is 0 Å². The summed E-state index contributed by atoms with van der Waals surface area (Å²) in [5.74, 6) is -1.23. The lowest BCUT2D eigenvalue weighted by molar-refractivity contribution is -0.121. The number of aliphatic hydroxyl groups is 1. The van der Waals surface area contributed by atoms with Crippen LogP contribution in [-0.4, -0.2) is 34.2 Å². The zero-order valence-corrected chi connectivity index (χ0v) is 13.3. The lowest BCUT2D eigenvalue weighted by atomic mass is 9.92. The molecule has 1 rings (SSSR count). The van der Waals surface area contributed by atoms with Crippen LogP contribution < -0.4 is 5.32 Å². The number of carbonyl (C=O) groups is 2. The fourth-order valence-corrected chi connectivity index (χ4v) is 2.56. The fraction of sp³-hybridized carbons (Fsp3) is 0.529. The molecule has 0 aliphatic heterocycles. The Morgan fingerprint density at radius 3 is 2.36 bits per heavy atom. The van der Waals surface area contributed by atoms with Crippen LogP contribution in [0.15, 0.2) is 24.3 Å². The van der Waals surface area contributed by atoms with Crippen LogP contribution in [0.3, 0.4) is 0 Å². The number of benzene rings is 1. The van der Waals surface area contributed by atoms with Gasteiger partial charge in [0.15, 0.2) is 0 Å². The first-order valence-corrected chi connectivity index (χ1v) is 7.71. The van der Waals surface area contributed by atoms with Gasteiger partial charge in [0, 0.05) is 6.54 Å². The normalized spacial score (nSPS) is 11.2. The highest BCUT2D eigenvalue weighted by Gasteiger charge is 2.25. The van der Waals surface area contributed by atoms with Gasteiger partial charge in [0.05, 0.1) is 17.6 Å². The van der Waals surface area contributed by atoms with E-state index < -0.39 is 11.6 Å². The smallest absolute Gasteiger partial charge is 0.335 e. The van der Waals surface area contributed by atoms with E-state index in [1.54, 1.807) is 12.1 Å². The number of rotatable bonds is 9. The Labute approximate surface area is 131 Å². The van der Waals surface area contributed by atoms with Crippen molar-refractivity contribution in [2.24, 2.45) is 0 Å². The Morgan fingerprint density at radius 1 is 1.18 bits per heavy atom. The molecule has 1 aromatic rings. The molecule has 0 heterocycles. The Balaban J connectivity index is 2.59. The Kier molecular flexibility index (Phi) is 7.05. The van der Waals surface area contributed by atoms with Gasteiger partial charge in [-0.1, -0.05) is 38.8 Å². The molecule has 5 nitrogen and oxygen atoms in total. The number of carbonyl (C=O) groups excluding carboxylic acids is 1. The van der Waals surface area contributed by atoms with E-state index in [0.29, 0.717) is 18.4 Å². The molecule has 0 aromatic heterocycles. The minimum Gasteiger partial charge on any atom is -0.478 e. The number of hydrogen-bond donors (Lipinski definition) is 3. The molecular weight excluding hydrogens is 282 g/mol. The second kappa shape index (κ2) is 8.54. The van der Waals surface area contributed by atoms with E-state index in [4.69, 9.17) is 5.11 Å². The maximum Gasteiger partial charge on any atom is 0.335 e. The van der Waals surface area contributed by atoms with Gasteiger partial charge in [0.1, 0.15) is 0 Å². The summed E-state index contributed by atoms with van der Waals surface area (Å²) in [7, 11) is 0. The standard InChI is InChI=1S/C17H25NO4/c1-3-8-17(22,9-4-2)12-18-15(19)11-13-6-5-7-14(10-13)16(20)21/h5-7,10,22H,3-4,8-9,11-12H2,1-2H3,(H,18,19)(H,20,21).